The largest absolute Gasteiger partial charge is 0.372 e. The van der Waals surface area contributed by atoms with E-state index in [4.69, 9.17) is 4.52 Å². The van der Waals surface area contributed by atoms with Gasteiger partial charge in [0.2, 0.25) is 17.6 Å². The molecular weight excluding hydrogens is 372 g/mol. The third kappa shape index (κ3) is 4.78. The molecule has 0 saturated carbocycles. The maximum atomic E-state index is 12.2. The molecule has 1 aliphatic rings. The predicted molar refractivity (Wildman–Crippen MR) is 112 cm³/mol. The zero-order chi connectivity index (χ0) is 19.2. The number of aryl methyl sites for hydroxylation is 1. The van der Waals surface area contributed by atoms with Crippen molar-refractivity contribution >= 4 is 28.6 Å². The number of rotatable bonds is 6. The number of thiophene rings is 1. The Hall–Kier alpha value is -2.67. The number of anilines is 2. The van der Waals surface area contributed by atoms with Crippen molar-refractivity contribution in [2.45, 2.75) is 38.5 Å². The van der Waals surface area contributed by atoms with E-state index in [-0.39, 0.29) is 5.91 Å². The second kappa shape index (κ2) is 9.01. The maximum absolute atomic E-state index is 12.2. The first kappa shape index (κ1) is 18.7. The van der Waals surface area contributed by atoms with Gasteiger partial charge in [-0.05, 0) is 48.6 Å². The van der Waals surface area contributed by atoms with Crippen LogP contribution >= 0.6 is 11.3 Å². The van der Waals surface area contributed by atoms with Gasteiger partial charge < -0.3 is 14.7 Å². The summed E-state index contributed by atoms with van der Waals surface area (Å²) in [5, 5.41) is 8.88. The van der Waals surface area contributed by atoms with Crippen LogP contribution in [0.4, 0.5) is 11.4 Å². The van der Waals surface area contributed by atoms with Crippen LogP contribution in [0, 0.1) is 0 Å². The number of carbonyl (C=O) groups is 1. The molecule has 2 aromatic heterocycles. The van der Waals surface area contributed by atoms with Crippen LogP contribution in [0.15, 0.2) is 46.3 Å². The van der Waals surface area contributed by atoms with Crippen molar-refractivity contribution in [2.24, 2.45) is 0 Å². The van der Waals surface area contributed by atoms with Crippen molar-refractivity contribution in [2.75, 3.05) is 23.3 Å². The number of amides is 1. The molecule has 146 valence electrons. The summed E-state index contributed by atoms with van der Waals surface area (Å²) < 4.78 is 5.24. The topological polar surface area (TPSA) is 71.3 Å². The maximum Gasteiger partial charge on any atom is 0.227 e. The van der Waals surface area contributed by atoms with Gasteiger partial charge in [-0.1, -0.05) is 24.1 Å². The Labute approximate surface area is 168 Å². The van der Waals surface area contributed by atoms with Crippen LogP contribution in [-0.4, -0.2) is 29.1 Å². The van der Waals surface area contributed by atoms with E-state index in [0.29, 0.717) is 24.6 Å². The zero-order valence-corrected chi connectivity index (χ0v) is 16.6. The van der Waals surface area contributed by atoms with Crippen LogP contribution in [0.2, 0.25) is 0 Å². The summed E-state index contributed by atoms with van der Waals surface area (Å²) in [6.07, 6.45) is 5.87. The van der Waals surface area contributed by atoms with E-state index in [1.165, 1.54) is 31.4 Å². The van der Waals surface area contributed by atoms with E-state index in [9.17, 15) is 4.79 Å². The third-order valence-electron chi connectivity index (χ3n) is 4.90. The van der Waals surface area contributed by atoms with Gasteiger partial charge in [0.05, 0.1) is 4.88 Å². The minimum absolute atomic E-state index is 0.0570. The molecule has 6 nitrogen and oxygen atoms in total. The SMILES string of the molecule is O=C(CCc1nc(-c2cccs2)no1)Nc1ccc(N2CCCCCC2)cc1. The van der Waals surface area contributed by atoms with E-state index in [0.717, 1.165) is 23.7 Å². The Morgan fingerprint density at radius 2 is 1.89 bits per heavy atom. The van der Waals surface area contributed by atoms with Gasteiger partial charge in [0.1, 0.15) is 0 Å². The molecule has 0 bridgehead atoms. The van der Waals surface area contributed by atoms with Crippen LogP contribution in [0.25, 0.3) is 10.7 Å². The van der Waals surface area contributed by atoms with E-state index >= 15 is 0 Å². The highest BCUT2D eigenvalue weighted by atomic mass is 32.1. The first-order valence-corrected chi connectivity index (χ1v) is 10.7. The number of nitrogens with zero attached hydrogens (tertiary/aromatic N) is 3. The van der Waals surface area contributed by atoms with Crippen molar-refractivity contribution < 1.29 is 9.32 Å². The molecule has 28 heavy (non-hydrogen) atoms. The molecule has 0 aliphatic carbocycles. The lowest BCUT2D eigenvalue weighted by Crippen LogP contribution is -2.23. The van der Waals surface area contributed by atoms with Crippen molar-refractivity contribution in [3.8, 4) is 10.7 Å². The fourth-order valence-electron chi connectivity index (χ4n) is 3.39. The van der Waals surface area contributed by atoms with Crippen molar-refractivity contribution in [3.05, 3.63) is 47.7 Å². The molecule has 0 radical (unpaired) electrons. The molecule has 1 fully saturated rings. The fraction of sp³-hybridized carbons (Fsp3) is 0.381. The molecule has 3 heterocycles. The molecule has 4 rings (SSSR count). The molecule has 1 saturated heterocycles. The summed E-state index contributed by atoms with van der Waals surface area (Å²) in [4.78, 5) is 20.0. The van der Waals surface area contributed by atoms with Gasteiger partial charge in [0.25, 0.3) is 0 Å². The van der Waals surface area contributed by atoms with Gasteiger partial charge in [-0.3, -0.25) is 4.79 Å². The molecule has 1 amide bonds. The Kier molecular flexibility index (Phi) is 6.01. The first-order valence-electron chi connectivity index (χ1n) is 9.79. The Balaban J connectivity index is 1.28. The molecule has 1 aromatic carbocycles. The zero-order valence-electron chi connectivity index (χ0n) is 15.8. The average Bonchev–Trinajstić information content (AvgIpc) is 3.34. The lowest BCUT2D eigenvalue weighted by molar-refractivity contribution is -0.116. The molecule has 1 aliphatic heterocycles. The number of benzene rings is 1. The minimum atomic E-state index is -0.0570. The van der Waals surface area contributed by atoms with Crippen LogP contribution in [-0.2, 0) is 11.2 Å². The fourth-order valence-corrected chi connectivity index (χ4v) is 4.04. The number of carbonyl (C=O) groups excluding carboxylic acids is 1. The molecule has 3 aromatic rings. The molecule has 0 atom stereocenters. The van der Waals surface area contributed by atoms with Gasteiger partial charge in [-0.2, -0.15) is 4.98 Å². The molecule has 0 spiro atoms. The smallest absolute Gasteiger partial charge is 0.227 e. The lowest BCUT2D eigenvalue weighted by atomic mass is 10.2. The third-order valence-corrected chi connectivity index (χ3v) is 5.76. The van der Waals surface area contributed by atoms with Crippen molar-refractivity contribution in [1.82, 2.24) is 10.1 Å². The van der Waals surface area contributed by atoms with Crippen molar-refractivity contribution in [1.29, 1.82) is 0 Å². The highest BCUT2D eigenvalue weighted by Crippen LogP contribution is 2.23. The first-order chi connectivity index (χ1) is 13.8. The van der Waals surface area contributed by atoms with E-state index in [1.807, 2.05) is 29.6 Å². The van der Waals surface area contributed by atoms with E-state index in [1.54, 1.807) is 11.3 Å². The van der Waals surface area contributed by atoms with Crippen LogP contribution in [0.3, 0.4) is 0 Å². The normalized spacial score (nSPS) is 14.6. The summed E-state index contributed by atoms with van der Waals surface area (Å²) in [5.74, 6) is 1.00. The highest BCUT2D eigenvalue weighted by Gasteiger charge is 2.12. The number of hydrogen-bond acceptors (Lipinski definition) is 6. The molecule has 1 N–H and O–H groups in total. The van der Waals surface area contributed by atoms with Crippen LogP contribution in [0.1, 0.15) is 38.0 Å². The molecular formula is C21H24N4O2S. The lowest BCUT2D eigenvalue weighted by Gasteiger charge is -2.22. The van der Waals surface area contributed by atoms with E-state index < -0.39 is 0 Å². The van der Waals surface area contributed by atoms with Gasteiger partial charge in [-0.25, -0.2) is 0 Å². The monoisotopic (exact) mass is 396 g/mol. The predicted octanol–water partition coefficient (Wildman–Crippen LogP) is 4.75. The van der Waals surface area contributed by atoms with Gasteiger partial charge in [0.15, 0.2) is 0 Å². The summed E-state index contributed by atoms with van der Waals surface area (Å²) >= 11 is 1.56. The standard InChI is InChI=1S/C21H24N4O2S/c26-19(11-12-20-23-21(24-27-20)18-6-5-15-28-18)22-16-7-9-17(10-8-16)25-13-3-1-2-4-14-25/h5-10,15H,1-4,11-14H2,(H,22,26). The summed E-state index contributed by atoms with van der Waals surface area (Å²) in [6.45, 7) is 2.23. The molecule has 0 unspecified atom stereocenters. The molecule has 7 heteroatoms. The van der Waals surface area contributed by atoms with Gasteiger partial charge in [-0.15, -0.1) is 11.3 Å². The second-order valence-corrected chi connectivity index (χ2v) is 7.93. The minimum Gasteiger partial charge on any atom is -0.372 e. The summed E-state index contributed by atoms with van der Waals surface area (Å²) in [6, 6.07) is 12.0. The van der Waals surface area contributed by atoms with Gasteiger partial charge in [0, 0.05) is 37.3 Å². The number of aromatic nitrogens is 2. The summed E-state index contributed by atoms with van der Waals surface area (Å²) in [7, 11) is 0. The number of nitrogens with one attached hydrogen (secondary N) is 1. The quantitative estimate of drug-likeness (QED) is 0.651. The average molecular weight is 397 g/mol. The number of hydrogen-bond donors (Lipinski definition) is 1. The highest BCUT2D eigenvalue weighted by molar-refractivity contribution is 7.13. The Morgan fingerprint density at radius 3 is 2.61 bits per heavy atom. The van der Waals surface area contributed by atoms with Crippen LogP contribution < -0.4 is 10.2 Å². The Morgan fingerprint density at radius 1 is 1.11 bits per heavy atom. The Bertz CT molecular complexity index is 882. The van der Waals surface area contributed by atoms with Crippen molar-refractivity contribution in [3.63, 3.8) is 0 Å². The van der Waals surface area contributed by atoms with Gasteiger partial charge >= 0.3 is 0 Å². The van der Waals surface area contributed by atoms with E-state index in [2.05, 4.69) is 32.5 Å². The summed E-state index contributed by atoms with van der Waals surface area (Å²) in [5.41, 5.74) is 2.04. The second-order valence-electron chi connectivity index (χ2n) is 6.99. The van der Waals surface area contributed by atoms with Crippen LogP contribution in [0.5, 0.6) is 0 Å².